The molecule has 2 heterocycles. The molecule has 0 bridgehead atoms. The van der Waals surface area contributed by atoms with Crippen LogP contribution in [0.4, 0.5) is 0 Å². The molecule has 1 fully saturated rings. The summed E-state index contributed by atoms with van der Waals surface area (Å²) in [5.41, 5.74) is 2.76. The minimum Gasteiger partial charge on any atom is -0.487 e. The summed E-state index contributed by atoms with van der Waals surface area (Å²) in [5.74, 6) is 1.57. The van der Waals surface area contributed by atoms with E-state index >= 15 is 0 Å². The molecule has 1 N–H and O–H groups in total. The lowest BCUT2D eigenvalue weighted by Gasteiger charge is -2.50. The third-order valence-electron chi connectivity index (χ3n) is 8.34. The van der Waals surface area contributed by atoms with Crippen molar-refractivity contribution in [3.63, 3.8) is 0 Å². The minimum absolute atomic E-state index is 0.00567. The van der Waals surface area contributed by atoms with Crippen LogP contribution in [0.1, 0.15) is 109 Å². The van der Waals surface area contributed by atoms with Gasteiger partial charge in [0.25, 0.3) is 10.0 Å². The van der Waals surface area contributed by atoms with E-state index in [2.05, 4.69) is 38.5 Å². The summed E-state index contributed by atoms with van der Waals surface area (Å²) in [4.78, 5) is 12.7. The smallest absolute Gasteiger partial charge is 0.264 e. The summed E-state index contributed by atoms with van der Waals surface area (Å²) in [6, 6.07) is 12.8. The summed E-state index contributed by atoms with van der Waals surface area (Å²) in [6.45, 7) is 13.0. The zero-order valence-corrected chi connectivity index (χ0v) is 25.1. The van der Waals surface area contributed by atoms with E-state index in [-0.39, 0.29) is 29.1 Å². The van der Waals surface area contributed by atoms with Crippen molar-refractivity contribution in [3.05, 3.63) is 59.2 Å². The topological polar surface area (TPSA) is 81.7 Å². The average Bonchev–Trinajstić information content (AvgIpc) is 2.86. The maximum absolute atomic E-state index is 12.7. The van der Waals surface area contributed by atoms with Crippen molar-refractivity contribution in [3.8, 4) is 5.75 Å². The van der Waals surface area contributed by atoms with E-state index in [1.807, 2.05) is 26.0 Å². The van der Waals surface area contributed by atoms with Crippen LogP contribution in [0.15, 0.2) is 47.4 Å². The van der Waals surface area contributed by atoms with Gasteiger partial charge < -0.3 is 9.47 Å². The monoisotopic (exact) mass is 555 g/mol. The number of fused-ring (bicyclic) bond motifs is 3. The fourth-order valence-electron chi connectivity index (χ4n) is 5.93. The molecule has 0 saturated carbocycles. The van der Waals surface area contributed by atoms with E-state index in [1.165, 1.54) is 6.42 Å². The van der Waals surface area contributed by atoms with Crippen molar-refractivity contribution in [2.45, 2.75) is 115 Å². The number of benzene rings is 2. The number of rotatable bonds is 10. The van der Waals surface area contributed by atoms with Crippen LogP contribution in [0.5, 0.6) is 5.75 Å². The van der Waals surface area contributed by atoms with Crippen molar-refractivity contribution in [2.75, 3.05) is 0 Å². The van der Waals surface area contributed by atoms with Gasteiger partial charge in [0.05, 0.1) is 17.1 Å². The third kappa shape index (κ3) is 7.04. The van der Waals surface area contributed by atoms with Gasteiger partial charge >= 0.3 is 0 Å². The molecule has 7 heteroatoms. The van der Waals surface area contributed by atoms with Crippen LogP contribution in [0.2, 0.25) is 0 Å². The van der Waals surface area contributed by atoms with Gasteiger partial charge in [0.1, 0.15) is 11.4 Å². The number of carbonyl (C=O) groups excluding carboxylic acids is 1. The highest BCUT2D eigenvalue weighted by Gasteiger charge is 2.49. The Morgan fingerprint density at radius 1 is 1.08 bits per heavy atom. The number of ether oxygens (including phenoxy) is 2. The van der Waals surface area contributed by atoms with Gasteiger partial charge in [-0.25, -0.2) is 13.1 Å². The maximum atomic E-state index is 12.7. The van der Waals surface area contributed by atoms with Crippen LogP contribution >= 0.6 is 0 Å². The van der Waals surface area contributed by atoms with Crippen LogP contribution in [0, 0.1) is 11.8 Å². The Hall–Kier alpha value is -2.38. The molecule has 39 heavy (non-hydrogen) atoms. The Labute approximate surface area is 234 Å². The van der Waals surface area contributed by atoms with Crippen LogP contribution in [-0.2, 0) is 26.0 Å². The minimum atomic E-state index is -3.91. The number of hydrogen-bond donors (Lipinski definition) is 1. The molecule has 214 valence electrons. The first-order valence-corrected chi connectivity index (χ1v) is 16.0. The molecule has 4 atom stereocenters. The largest absolute Gasteiger partial charge is 0.487 e. The molecule has 1 saturated heterocycles. The SMILES string of the molecule is CC(C)CCC[C@]1(C)Oc2cc(CCC(=O)NS(=O)(=O)c3ccc(C(C)C)cc3)ccc2[C@@H]2O[C@H](C)CC[C@H]21. The first-order valence-electron chi connectivity index (χ1n) is 14.5. The predicted octanol–water partition coefficient (Wildman–Crippen LogP) is 7.08. The first kappa shape index (κ1) is 29.6. The molecule has 0 aliphatic carbocycles. The molecule has 0 aromatic heterocycles. The molecule has 0 unspecified atom stereocenters. The Kier molecular flexibility index (Phi) is 9.12. The molecule has 0 radical (unpaired) electrons. The van der Waals surface area contributed by atoms with Gasteiger partial charge in [0, 0.05) is 17.9 Å². The lowest BCUT2D eigenvalue weighted by molar-refractivity contribution is -0.152. The van der Waals surface area contributed by atoms with Gasteiger partial charge in [-0.15, -0.1) is 0 Å². The fourth-order valence-corrected chi connectivity index (χ4v) is 6.94. The second-order valence-electron chi connectivity index (χ2n) is 12.4. The van der Waals surface area contributed by atoms with Crippen LogP contribution in [-0.4, -0.2) is 26.0 Å². The van der Waals surface area contributed by atoms with Crippen molar-refractivity contribution < 1.29 is 22.7 Å². The molecule has 0 spiro atoms. The van der Waals surface area contributed by atoms with E-state index in [0.29, 0.717) is 24.2 Å². The van der Waals surface area contributed by atoms with Crippen molar-refractivity contribution in [1.29, 1.82) is 0 Å². The Balaban J connectivity index is 1.44. The number of sulfonamides is 1. The number of nitrogens with one attached hydrogen (secondary N) is 1. The van der Waals surface area contributed by atoms with E-state index in [9.17, 15) is 13.2 Å². The van der Waals surface area contributed by atoms with Gasteiger partial charge in [0.15, 0.2) is 0 Å². The zero-order valence-electron chi connectivity index (χ0n) is 24.3. The number of amides is 1. The lowest BCUT2D eigenvalue weighted by atomic mass is 9.72. The van der Waals surface area contributed by atoms with Crippen molar-refractivity contribution in [2.24, 2.45) is 11.8 Å². The molecule has 4 rings (SSSR count). The molecule has 2 aromatic carbocycles. The van der Waals surface area contributed by atoms with Crippen LogP contribution in [0.25, 0.3) is 0 Å². The molecular weight excluding hydrogens is 510 g/mol. The highest BCUT2D eigenvalue weighted by atomic mass is 32.2. The second-order valence-corrected chi connectivity index (χ2v) is 14.1. The van der Waals surface area contributed by atoms with E-state index in [4.69, 9.17) is 9.47 Å². The number of aryl methyl sites for hydroxylation is 1. The van der Waals surface area contributed by atoms with Crippen LogP contribution in [0.3, 0.4) is 0 Å². The first-order chi connectivity index (χ1) is 18.4. The third-order valence-corrected chi connectivity index (χ3v) is 9.73. The Morgan fingerprint density at radius 2 is 1.79 bits per heavy atom. The molecule has 2 aliphatic rings. The summed E-state index contributed by atoms with van der Waals surface area (Å²) in [7, 11) is -3.91. The molecule has 2 aromatic rings. The predicted molar refractivity (Wildman–Crippen MR) is 154 cm³/mol. The second kappa shape index (κ2) is 12.0. The molecular formula is C32H45NO5S. The zero-order chi connectivity index (χ0) is 28.4. The normalized spacial score (nSPS) is 24.7. The van der Waals surface area contributed by atoms with E-state index in [1.54, 1.807) is 24.3 Å². The van der Waals surface area contributed by atoms with Gasteiger partial charge in [0.2, 0.25) is 5.91 Å². The Bertz CT molecular complexity index is 1250. The average molecular weight is 556 g/mol. The maximum Gasteiger partial charge on any atom is 0.264 e. The quantitative estimate of drug-likeness (QED) is 0.339. The molecule has 2 aliphatic heterocycles. The Morgan fingerprint density at radius 3 is 2.46 bits per heavy atom. The highest BCUT2D eigenvalue weighted by Crippen LogP contribution is 2.52. The molecule has 6 nitrogen and oxygen atoms in total. The van der Waals surface area contributed by atoms with Crippen molar-refractivity contribution in [1.82, 2.24) is 4.72 Å². The van der Waals surface area contributed by atoms with E-state index in [0.717, 1.165) is 48.1 Å². The lowest BCUT2D eigenvalue weighted by Crippen LogP contribution is -2.50. The highest BCUT2D eigenvalue weighted by molar-refractivity contribution is 7.90. The van der Waals surface area contributed by atoms with Gasteiger partial charge in [-0.05, 0) is 87.1 Å². The standard InChI is InChI=1S/C32H45NO5S/c1-21(2)8-7-19-32(6)28-17-9-23(5)37-31(28)27-16-10-24(20-29(27)38-32)11-18-30(34)33-39(35,36)26-14-12-25(13-15-26)22(3)4/h10,12-16,20-23,28,31H,7-9,11,17-19H2,1-6H3,(H,33,34)/t23-,28-,31+,32+/m1/s1. The van der Waals surface area contributed by atoms with Crippen molar-refractivity contribution >= 4 is 15.9 Å². The summed E-state index contributed by atoms with van der Waals surface area (Å²) in [5, 5.41) is 0. The van der Waals surface area contributed by atoms with E-state index < -0.39 is 15.9 Å². The summed E-state index contributed by atoms with van der Waals surface area (Å²) >= 11 is 0. The summed E-state index contributed by atoms with van der Waals surface area (Å²) < 4.78 is 40.9. The fraction of sp³-hybridized carbons (Fsp3) is 0.594. The van der Waals surface area contributed by atoms with Gasteiger partial charge in [-0.1, -0.05) is 58.4 Å². The van der Waals surface area contributed by atoms with Gasteiger partial charge in [-0.2, -0.15) is 0 Å². The van der Waals surface area contributed by atoms with Gasteiger partial charge in [-0.3, -0.25) is 4.79 Å². The summed E-state index contributed by atoms with van der Waals surface area (Å²) in [6.07, 6.45) is 6.07. The van der Waals surface area contributed by atoms with Crippen LogP contribution < -0.4 is 9.46 Å². The molecule has 1 amide bonds. The number of carbonyl (C=O) groups is 1. The number of hydrogen-bond acceptors (Lipinski definition) is 5.